The largest absolute Gasteiger partial charge is 0.466 e. The first-order chi connectivity index (χ1) is 18.9. The Kier molecular flexibility index (Phi) is 11.8. The van der Waals surface area contributed by atoms with Gasteiger partial charge in [-0.25, -0.2) is 4.79 Å². The lowest BCUT2D eigenvalue weighted by Gasteiger charge is -2.23. The Bertz CT molecular complexity index is 1230. The lowest BCUT2D eigenvalue weighted by molar-refractivity contribution is -0.383. The first-order valence-corrected chi connectivity index (χ1v) is 14.1. The zero-order valence-electron chi connectivity index (χ0n) is 22.4. The second kappa shape index (κ2) is 15.5. The number of rotatable bonds is 14. The molecule has 0 atom stereocenters. The number of amides is 2. The number of esters is 1. The number of nitro benzene ring substituents is 1. The molecule has 0 radical (unpaired) electrons. The van der Waals surface area contributed by atoms with E-state index in [4.69, 9.17) is 4.74 Å². The average molecular weight is 550 g/mol. The average Bonchev–Trinajstić information content (AvgIpc) is 2.93. The summed E-state index contributed by atoms with van der Waals surface area (Å²) in [6, 6.07) is 21.2. The summed E-state index contributed by atoms with van der Waals surface area (Å²) in [7, 11) is 0. The van der Waals surface area contributed by atoms with Gasteiger partial charge in [0.05, 0.1) is 18.0 Å². The summed E-state index contributed by atoms with van der Waals surface area (Å²) >= 11 is 1.58. The molecule has 0 aliphatic heterocycles. The van der Waals surface area contributed by atoms with E-state index >= 15 is 0 Å². The third-order valence-corrected chi connectivity index (χ3v) is 7.05. The quantitative estimate of drug-likeness (QED) is 0.0950. The van der Waals surface area contributed by atoms with Gasteiger partial charge in [-0.3, -0.25) is 19.8 Å². The van der Waals surface area contributed by atoms with Crippen molar-refractivity contribution in [2.75, 3.05) is 23.4 Å². The third-order valence-electron chi connectivity index (χ3n) is 6.03. The number of benzene rings is 3. The molecule has 3 aromatic rings. The molecule has 0 unspecified atom stereocenters. The minimum absolute atomic E-state index is 0.145. The van der Waals surface area contributed by atoms with Crippen molar-refractivity contribution in [3.05, 3.63) is 88.5 Å². The number of unbranched alkanes of at least 4 members (excludes halogenated alkanes) is 4. The van der Waals surface area contributed by atoms with Crippen LogP contribution in [-0.2, 0) is 16.0 Å². The van der Waals surface area contributed by atoms with E-state index in [1.54, 1.807) is 35.7 Å². The predicted molar refractivity (Wildman–Crippen MR) is 156 cm³/mol. The van der Waals surface area contributed by atoms with E-state index in [1.807, 2.05) is 48.5 Å². The Hall–Kier alpha value is -3.85. The van der Waals surface area contributed by atoms with Gasteiger partial charge in [-0.1, -0.05) is 68.6 Å². The maximum absolute atomic E-state index is 13.3. The maximum Gasteiger partial charge on any atom is 0.326 e. The molecule has 3 aromatic carbocycles. The molecule has 1 N–H and O–H groups in total. The molecule has 0 fully saturated rings. The fourth-order valence-electron chi connectivity index (χ4n) is 4.03. The fourth-order valence-corrected chi connectivity index (χ4v) is 4.84. The van der Waals surface area contributed by atoms with Crippen LogP contribution < -0.4 is 10.2 Å². The van der Waals surface area contributed by atoms with Crippen LogP contribution in [0.25, 0.3) is 0 Å². The molecule has 0 aliphatic rings. The number of nitro groups is 1. The molecule has 8 nitrogen and oxygen atoms in total. The van der Waals surface area contributed by atoms with E-state index < -0.39 is 11.0 Å². The highest BCUT2D eigenvalue weighted by Gasteiger charge is 2.20. The van der Waals surface area contributed by atoms with Crippen LogP contribution in [0.5, 0.6) is 0 Å². The number of para-hydroxylation sites is 2. The van der Waals surface area contributed by atoms with Crippen molar-refractivity contribution in [3.8, 4) is 0 Å². The van der Waals surface area contributed by atoms with Crippen molar-refractivity contribution in [2.24, 2.45) is 0 Å². The summed E-state index contributed by atoms with van der Waals surface area (Å²) in [5, 5.41) is 14.1. The third kappa shape index (κ3) is 9.44. The van der Waals surface area contributed by atoms with Crippen molar-refractivity contribution >= 4 is 40.8 Å². The van der Waals surface area contributed by atoms with Gasteiger partial charge in [-0.2, -0.15) is 0 Å². The van der Waals surface area contributed by atoms with Crippen molar-refractivity contribution in [1.29, 1.82) is 0 Å². The Labute approximate surface area is 233 Å². The molecule has 0 aromatic heterocycles. The molecular weight excluding hydrogens is 514 g/mol. The Balaban J connectivity index is 1.70. The number of anilines is 2. The van der Waals surface area contributed by atoms with Crippen LogP contribution in [0.2, 0.25) is 0 Å². The SMILES string of the molecule is CCCCCCCN(C(=O)Nc1ccccc1[N+](=O)[O-])c1ccc(Sc2ccc(CC(=O)OCC)cc2)cc1. The monoisotopic (exact) mass is 549 g/mol. The molecular formula is C30H35N3O5S. The van der Waals surface area contributed by atoms with Crippen LogP contribution in [0.1, 0.15) is 51.5 Å². The van der Waals surface area contributed by atoms with Gasteiger partial charge in [-0.05, 0) is 61.4 Å². The van der Waals surface area contributed by atoms with Gasteiger partial charge < -0.3 is 10.1 Å². The number of hydrogen-bond donors (Lipinski definition) is 1. The molecule has 0 saturated heterocycles. The number of nitrogens with one attached hydrogen (secondary N) is 1. The Morgan fingerprint density at radius 3 is 2.18 bits per heavy atom. The first-order valence-electron chi connectivity index (χ1n) is 13.3. The fraction of sp³-hybridized carbons (Fsp3) is 0.333. The van der Waals surface area contributed by atoms with E-state index in [1.165, 1.54) is 12.1 Å². The second-order valence-corrected chi connectivity index (χ2v) is 10.1. The van der Waals surface area contributed by atoms with Gasteiger partial charge >= 0.3 is 12.0 Å². The summed E-state index contributed by atoms with van der Waals surface area (Å²) in [6.07, 6.45) is 5.47. The minimum atomic E-state index is -0.500. The first kappa shape index (κ1) is 29.7. The van der Waals surface area contributed by atoms with Crippen LogP contribution in [0.3, 0.4) is 0 Å². The normalized spacial score (nSPS) is 10.6. The lowest BCUT2D eigenvalue weighted by atomic mass is 10.1. The van der Waals surface area contributed by atoms with E-state index in [0.717, 1.165) is 53.1 Å². The van der Waals surface area contributed by atoms with Gasteiger partial charge in [0.2, 0.25) is 0 Å². The molecule has 2 amide bonds. The highest BCUT2D eigenvalue weighted by molar-refractivity contribution is 7.99. The molecule has 3 rings (SSSR count). The number of ether oxygens (including phenoxy) is 1. The zero-order valence-corrected chi connectivity index (χ0v) is 23.2. The molecule has 0 aliphatic carbocycles. The lowest BCUT2D eigenvalue weighted by Crippen LogP contribution is -2.36. The van der Waals surface area contributed by atoms with E-state index in [9.17, 15) is 19.7 Å². The van der Waals surface area contributed by atoms with Gasteiger partial charge in [0.1, 0.15) is 5.69 Å². The molecule has 9 heteroatoms. The van der Waals surface area contributed by atoms with Gasteiger partial charge in [0.15, 0.2) is 0 Å². The van der Waals surface area contributed by atoms with Crippen molar-refractivity contribution in [3.63, 3.8) is 0 Å². The summed E-state index contributed by atoms with van der Waals surface area (Å²) in [5.74, 6) is -0.241. The number of nitrogens with zero attached hydrogens (tertiary/aromatic N) is 2. The van der Waals surface area contributed by atoms with Crippen LogP contribution in [-0.4, -0.2) is 30.1 Å². The maximum atomic E-state index is 13.3. The highest BCUT2D eigenvalue weighted by Crippen LogP contribution is 2.30. The number of carbonyl (C=O) groups excluding carboxylic acids is 2. The van der Waals surface area contributed by atoms with E-state index in [2.05, 4.69) is 12.2 Å². The Morgan fingerprint density at radius 1 is 0.897 bits per heavy atom. The van der Waals surface area contributed by atoms with Crippen LogP contribution in [0.4, 0.5) is 21.9 Å². The van der Waals surface area contributed by atoms with Crippen LogP contribution in [0, 0.1) is 10.1 Å². The van der Waals surface area contributed by atoms with Crippen molar-refractivity contribution < 1.29 is 19.2 Å². The standard InChI is InChI=1S/C30H35N3O5S/c1-3-5-6-7-10-21-32(30(35)31-27-11-8-9-12-28(27)33(36)37)24-15-19-26(20-16-24)39-25-17-13-23(14-18-25)22-29(34)38-4-2/h8-9,11-20H,3-7,10,21-22H2,1-2H3,(H,31,35). The summed E-state index contributed by atoms with van der Waals surface area (Å²) in [4.78, 5) is 39.6. The highest BCUT2D eigenvalue weighted by atomic mass is 32.2. The van der Waals surface area contributed by atoms with E-state index in [0.29, 0.717) is 13.2 Å². The van der Waals surface area contributed by atoms with Gasteiger partial charge in [0, 0.05) is 28.1 Å². The summed E-state index contributed by atoms with van der Waals surface area (Å²) < 4.78 is 5.00. The number of hydrogen-bond acceptors (Lipinski definition) is 6. The molecule has 39 heavy (non-hydrogen) atoms. The molecule has 0 spiro atoms. The van der Waals surface area contributed by atoms with E-state index in [-0.39, 0.29) is 23.8 Å². The summed E-state index contributed by atoms with van der Waals surface area (Å²) in [5.41, 5.74) is 1.64. The predicted octanol–water partition coefficient (Wildman–Crippen LogP) is 7.86. The Morgan fingerprint density at radius 2 is 1.54 bits per heavy atom. The van der Waals surface area contributed by atoms with Crippen LogP contribution >= 0.6 is 11.8 Å². The smallest absolute Gasteiger partial charge is 0.326 e. The van der Waals surface area contributed by atoms with Crippen molar-refractivity contribution in [2.45, 2.75) is 62.2 Å². The summed E-state index contributed by atoms with van der Waals surface area (Å²) in [6.45, 7) is 4.82. The molecule has 206 valence electrons. The molecule has 0 saturated carbocycles. The number of urea groups is 1. The van der Waals surface area contributed by atoms with Crippen molar-refractivity contribution in [1.82, 2.24) is 0 Å². The molecule has 0 bridgehead atoms. The van der Waals surface area contributed by atoms with Gasteiger partial charge in [-0.15, -0.1) is 0 Å². The topological polar surface area (TPSA) is 102 Å². The number of carbonyl (C=O) groups is 2. The zero-order chi connectivity index (χ0) is 28.0. The molecule has 0 heterocycles. The van der Waals surface area contributed by atoms with Crippen LogP contribution in [0.15, 0.2) is 82.6 Å². The van der Waals surface area contributed by atoms with Gasteiger partial charge in [0.25, 0.3) is 5.69 Å². The minimum Gasteiger partial charge on any atom is -0.466 e. The second-order valence-electron chi connectivity index (χ2n) is 8.99.